The third-order valence-corrected chi connectivity index (χ3v) is 2.17. The molecule has 1 heterocycles. The summed E-state index contributed by atoms with van der Waals surface area (Å²) in [5.41, 5.74) is 2.46. The van der Waals surface area contributed by atoms with Crippen LogP contribution >= 0.6 is 0 Å². The minimum Gasteiger partial charge on any atom is -0.368 e. The molecule has 0 bridgehead atoms. The van der Waals surface area contributed by atoms with Crippen LogP contribution in [0.25, 0.3) is 0 Å². The highest BCUT2D eigenvalue weighted by Gasteiger charge is 2.34. The van der Waals surface area contributed by atoms with Crippen molar-refractivity contribution < 1.29 is 22.9 Å². The van der Waals surface area contributed by atoms with Gasteiger partial charge in [0.1, 0.15) is 23.6 Å². The number of nitrogens with one attached hydrogen (secondary N) is 1. The lowest BCUT2D eigenvalue weighted by Crippen LogP contribution is -2.32. The number of pyridine rings is 1. The van der Waals surface area contributed by atoms with Gasteiger partial charge in [-0.3, -0.25) is 14.9 Å². The minimum atomic E-state index is -4.75. The number of halogens is 3. The summed E-state index contributed by atoms with van der Waals surface area (Å²) in [6.07, 6.45) is -4.28. The van der Waals surface area contributed by atoms with E-state index in [4.69, 9.17) is 5.73 Å². The first-order valence-electron chi connectivity index (χ1n) is 4.90. The number of anilines is 1. The number of hydrogen-bond acceptors (Lipinski definition) is 5. The van der Waals surface area contributed by atoms with E-state index in [1.165, 1.54) is 6.92 Å². The molecule has 0 aliphatic carbocycles. The standard InChI is InChI=1S/C9H9F3N4O3/c1-4(8(13)17)15-5-2-7(9(10,11)12)14-3-6(5)16(18)19/h2-4H,1H3,(H2,13,17)(H,14,15). The van der Waals surface area contributed by atoms with Gasteiger partial charge in [-0.1, -0.05) is 0 Å². The van der Waals surface area contributed by atoms with Crippen LogP contribution in [-0.2, 0) is 11.0 Å². The molecule has 10 heteroatoms. The van der Waals surface area contributed by atoms with Gasteiger partial charge in [0.05, 0.1) is 4.92 Å². The second-order valence-electron chi connectivity index (χ2n) is 3.61. The van der Waals surface area contributed by atoms with Gasteiger partial charge in [-0.15, -0.1) is 0 Å². The monoisotopic (exact) mass is 278 g/mol. The Kier molecular flexibility index (Phi) is 3.92. The lowest BCUT2D eigenvalue weighted by atomic mass is 10.2. The zero-order valence-corrected chi connectivity index (χ0v) is 9.56. The summed E-state index contributed by atoms with van der Waals surface area (Å²) in [4.78, 5) is 23.5. The average molecular weight is 278 g/mol. The largest absolute Gasteiger partial charge is 0.433 e. The Labute approximate surface area is 104 Å². The molecule has 0 fully saturated rings. The topological polar surface area (TPSA) is 111 Å². The molecule has 0 radical (unpaired) electrons. The van der Waals surface area contributed by atoms with Gasteiger partial charge in [0.15, 0.2) is 0 Å². The van der Waals surface area contributed by atoms with Gasteiger partial charge >= 0.3 is 11.9 Å². The number of amides is 1. The van der Waals surface area contributed by atoms with Gasteiger partial charge in [-0.05, 0) is 13.0 Å². The molecule has 7 nitrogen and oxygen atoms in total. The summed E-state index contributed by atoms with van der Waals surface area (Å²) in [7, 11) is 0. The Morgan fingerprint density at radius 3 is 2.58 bits per heavy atom. The van der Waals surface area contributed by atoms with Gasteiger partial charge in [-0.25, -0.2) is 4.98 Å². The number of rotatable bonds is 4. The maximum absolute atomic E-state index is 12.4. The van der Waals surface area contributed by atoms with Gasteiger partial charge < -0.3 is 11.1 Å². The number of nitro groups is 1. The lowest BCUT2D eigenvalue weighted by molar-refractivity contribution is -0.384. The fourth-order valence-electron chi connectivity index (χ4n) is 1.17. The summed E-state index contributed by atoms with van der Waals surface area (Å²) in [6, 6.07) is -0.611. The van der Waals surface area contributed by atoms with E-state index >= 15 is 0 Å². The molecule has 0 aromatic carbocycles. The van der Waals surface area contributed by atoms with Crippen LogP contribution in [0.5, 0.6) is 0 Å². The molecule has 1 unspecified atom stereocenters. The van der Waals surface area contributed by atoms with Crippen molar-refractivity contribution in [2.75, 3.05) is 5.32 Å². The first-order chi connectivity index (χ1) is 8.62. The maximum atomic E-state index is 12.4. The van der Waals surface area contributed by atoms with E-state index in [1.54, 1.807) is 0 Å². The van der Waals surface area contributed by atoms with E-state index in [1.807, 2.05) is 0 Å². The Balaban J connectivity index is 3.23. The number of primary amides is 1. The van der Waals surface area contributed by atoms with E-state index in [9.17, 15) is 28.1 Å². The van der Waals surface area contributed by atoms with Crippen molar-refractivity contribution >= 4 is 17.3 Å². The third kappa shape index (κ3) is 3.53. The van der Waals surface area contributed by atoms with E-state index in [0.29, 0.717) is 12.3 Å². The Bertz CT molecular complexity index is 518. The Morgan fingerprint density at radius 1 is 1.58 bits per heavy atom. The molecule has 104 valence electrons. The van der Waals surface area contributed by atoms with Crippen molar-refractivity contribution in [2.45, 2.75) is 19.1 Å². The van der Waals surface area contributed by atoms with E-state index in [-0.39, 0.29) is 0 Å². The molecule has 1 rings (SSSR count). The van der Waals surface area contributed by atoms with Crippen molar-refractivity contribution in [3.05, 3.63) is 28.1 Å². The number of hydrogen-bond donors (Lipinski definition) is 2. The van der Waals surface area contributed by atoms with Crippen LogP contribution in [0, 0.1) is 10.1 Å². The normalized spacial score (nSPS) is 12.8. The van der Waals surface area contributed by atoms with Crippen molar-refractivity contribution in [1.82, 2.24) is 4.98 Å². The minimum absolute atomic E-state index is 0.456. The average Bonchev–Trinajstić information content (AvgIpc) is 2.27. The highest BCUT2D eigenvalue weighted by atomic mass is 19.4. The number of aromatic nitrogens is 1. The van der Waals surface area contributed by atoms with Crippen LogP contribution in [0.1, 0.15) is 12.6 Å². The molecule has 1 atom stereocenters. The maximum Gasteiger partial charge on any atom is 0.433 e. The third-order valence-electron chi connectivity index (χ3n) is 2.17. The highest BCUT2D eigenvalue weighted by molar-refractivity contribution is 5.83. The fourth-order valence-corrected chi connectivity index (χ4v) is 1.17. The van der Waals surface area contributed by atoms with Crippen LogP contribution in [0.15, 0.2) is 12.3 Å². The lowest BCUT2D eigenvalue weighted by Gasteiger charge is -2.13. The van der Waals surface area contributed by atoms with Crippen LogP contribution in [-0.4, -0.2) is 21.9 Å². The quantitative estimate of drug-likeness (QED) is 0.636. The van der Waals surface area contributed by atoms with E-state index < -0.39 is 40.1 Å². The van der Waals surface area contributed by atoms with Crippen LogP contribution < -0.4 is 11.1 Å². The first-order valence-corrected chi connectivity index (χ1v) is 4.90. The van der Waals surface area contributed by atoms with Crippen LogP contribution in [0.3, 0.4) is 0 Å². The Morgan fingerprint density at radius 2 is 2.16 bits per heavy atom. The summed E-state index contributed by atoms with van der Waals surface area (Å²) in [6.45, 7) is 1.26. The number of nitrogens with two attached hydrogens (primary N) is 1. The molecule has 0 saturated heterocycles. The van der Waals surface area contributed by atoms with Gasteiger partial charge in [0.2, 0.25) is 5.91 Å². The van der Waals surface area contributed by atoms with Crippen molar-refractivity contribution in [1.29, 1.82) is 0 Å². The molecular weight excluding hydrogens is 269 g/mol. The summed E-state index contributed by atoms with van der Waals surface area (Å²) < 4.78 is 37.3. The molecule has 0 saturated carbocycles. The number of nitrogens with zero attached hydrogens (tertiary/aromatic N) is 2. The molecular formula is C9H9F3N4O3. The Hall–Kier alpha value is -2.39. The molecule has 19 heavy (non-hydrogen) atoms. The van der Waals surface area contributed by atoms with Gasteiger partial charge in [0.25, 0.3) is 0 Å². The summed E-state index contributed by atoms with van der Waals surface area (Å²) in [5, 5.41) is 12.9. The predicted octanol–water partition coefficient (Wildman–Crippen LogP) is 1.29. The zero-order chi connectivity index (χ0) is 14.8. The molecule has 1 aromatic rings. The summed E-state index contributed by atoms with van der Waals surface area (Å²) >= 11 is 0. The molecule has 1 amide bonds. The number of alkyl halides is 3. The molecule has 1 aromatic heterocycles. The molecule has 3 N–H and O–H groups in total. The zero-order valence-electron chi connectivity index (χ0n) is 9.56. The fraction of sp³-hybridized carbons (Fsp3) is 0.333. The van der Waals surface area contributed by atoms with E-state index in [0.717, 1.165) is 0 Å². The summed E-state index contributed by atoms with van der Waals surface area (Å²) in [5.74, 6) is -0.861. The SMILES string of the molecule is CC(Nc1cc(C(F)(F)F)ncc1[N+](=O)[O-])C(N)=O. The van der Waals surface area contributed by atoms with Gasteiger partial charge in [-0.2, -0.15) is 13.2 Å². The number of carbonyl (C=O) groups excluding carboxylic acids is 1. The van der Waals surface area contributed by atoms with Crippen molar-refractivity contribution in [2.24, 2.45) is 5.73 Å². The van der Waals surface area contributed by atoms with Crippen molar-refractivity contribution in [3.8, 4) is 0 Å². The number of carbonyl (C=O) groups is 1. The molecule has 0 aliphatic rings. The molecule has 0 spiro atoms. The van der Waals surface area contributed by atoms with Gasteiger partial charge in [0, 0.05) is 0 Å². The van der Waals surface area contributed by atoms with Crippen molar-refractivity contribution in [3.63, 3.8) is 0 Å². The second kappa shape index (κ2) is 5.08. The van der Waals surface area contributed by atoms with Crippen LogP contribution in [0.4, 0.5) is 24.5 Å². The molecule has 0 aliphatic heterocycles. The second-order valence-corrected chi connectivity index (χ2v) is 3.61. The van der Waals surface area contributed by atoms with E-state index in [2.05, 4.69) is 10.3 Å². The highest BCUT2D eigenvalue weighted by Crippen LogP contribution is 2.33. The smallest absolute Gasteiger partial charge is 0.368 e. The predicted molar refractivity (Wildman–Crippen MR) is 58.2 cm³/mol. The van der Waals surface area contributed by atoms with Crippen LogP contribution in [0.2, 0.25) is 0 Å². The first kappa shape index (κ1) is 14.7.